The Morgan fingerprint density at radius 2 is 2.21 bits per heavy atom. The second-order valence-electron chi connectivity index (χ2n) is 5.82. The summed E-state index contributed by atoms with van der Waals surface area (Å²) in [6.45, 7) is 1.81. The fourth-order valence-electron chi connectivity index (χ4n) is 2.95. The van der Waals surface area contributed by atoms with Crippen molar-refractivity contribution in [1.82, 2.24) is 0 Å². The van der Waals surface area contributed by atoms with E-state index in [1.54, 1.807) is 12.1 Å². The van der Waals surface area contributed by atoms with Gasteiger partial charge in [0.1, 0.15) is 6.61 Å². The van der Waals surface area contributed by atoms with Crippen LogP contribution in [0.25, 0.3) is 0 Å². The van der Waals surface area contributed by atoms with Gasteiger partial charge in [0, 0.05) is 23.1 Å². The van der Waals surface area contributed by atoms with Crippen LogP contribution in [0.2, 0.25) is 5.02 Å². The lowest BCUT2D eigenvalue weighted by atomic mass is 10.1. The van der Waals surface area contributed by atoms with Crippen LogP contribution in [0.4, 0.5) is 5.69 Å². The quantitative estimate of drug-likeness (QED) is 0.787. The lowest BCUT2D eigenvalue weighted by molar-refractivity contribution is -0.121. The predicted molar refractivity (Wildman–Crippen MR) is 96.8 cm³/mol. The van der Waals surface area contributed by atoms with E-state index in [0.717, 1.165) is 11.3 Å². The third kappa shape index (κ3) is 3.46. The molecule has 6 nitrogen and oxygen atoms in total. The number of aliphatic imine (C=N–C) groups is 1. The standard InChI is InChI=1S/C15H17ClN2O4S2/c1-9-3-4-10(16)5-11(9)18-12-7-24(20,21)8-13(12)23-15(18)17-14(19)6-22-2/h3-5,12-13H,6-8H2,1-2H3/t12-,13+/m1/s1. The number of carbonyl (C=O) groups is 1. The second kappa shape index (κ2) is 6.67. The Labute approximate surface area is 150 Å². The number of thioether (sulfide) groups is 1. The van der Waals surface area contributed by atoms with Gasteiger partial charge in [0.15, 0.2) is 15.0 Å². The van der Waals surface area contributed by atoms with E-state index in [9.17, 15) is 13.2 Å². The maximum atomic E-state index is 12.0. The van der Waals surface area contributed by atoms with Crippen molar-refractivity contribution >= 4 is 50.0 Å². The Balaban J connectivity index is 2.04. The summed E-state index contributed by atoms with van der Waals surface area (Å²) in [5, 5.41) is 0.919. The molecule has 24 heavy (non-hydrogen) atoms. The molecule has 0 N–H and O–H groups in total. The minimum atomic E-state index is -3.09. The predicted octanol–water partition coefficient (Wildman–Crippen LogP) is 1.90. The topological polar surface area (TPSA) is 76.0 Å². The first-order valence-electron chi connectivity index (χ1n) is 7.33. The number of anilines is 1. The molecule has 0 unspecified atom stereocenters. The molecule has 0 radical (unpaired) electrons. The van der Waals surface area contributed by atoms with Crippen LogP contribution in [0.1, 0.15) is 5.56 Å². The van der Waals surface area contributed by atoms with E-state index in [2.05, 4.69) is 4.99 Å². The van der Waals surface area contributed by atoms with E-state index < -0.39 is 15.7 Å². The lowest BCUT2D eigenvalue weighted by Crippen LogP contribution is -2.38. The number of carbonyl (C=O) groups excluding carboxylic acids is 1. The van der Waals surface area contributed by atoms with Crippen LogP contribution in [0.5, 0.6) is 0 Å². The fraction of sp³-hybridized carbons (Fsp3) is 0.467. The molecule has 2 heterocycles. The zero-order valence-electron chi connectivity index (χ0n) is 13.2. The van der Waals surface area contributed by atoms with E-state index in [1.165, 1.54) is 18.9 Å². The molecule has 0 saturated carbocycles. The molecule has 0 spiro atoms. The van der Waals surface area contributed by atoms with E-state index >= 15 is 0 Å². The number of hydrogen-bond donors (Lipinski definition) is 0. The van der Waals surface area contributed by atoms with Crippen LogP contribution < -0.4 is 4.90 Å². The molecule has 2 atom stereocenters. The van der Waals surface area contributed by atoms with Gasteiger partial charge in [0.25, 0.3) is 5.91 Å². The highest BCUT2D eigenvalue weighted by molar-refractivity contribution is 8.16. The van der Waals surface area contributed by atoms with Crippen molar-refractivity contribution < 1.29 is 17.9 Å². The molecule has 1 amide bonds. The first-order chi connectivity index (χ1) is 11.3. The molecule has 9 heteroatoms. The molecule has 1 aromatic carbocycles. The van der Waals surface area contributed by atoms with Crippen LogP contribution in [-0.2, 0) is 19.4 Å². The average Bonchev–Trinajstić information content (AvgIpc) is 2.93. The van der Waals surface area contributed by atoms with Gasteiger partial charge in [-0.2, -0.15) is 4.99 Å². The summed E-state index contributed by atoms with van der Waals surface area (Å²) >= 11 is 7.45. The lowest BCUT2D eigenvalue weighted by Gasteiger charge is -2.26. The van der Waals surface area contributed by atoms with Gasteiger partial charge < -0.3 is 9.64 Å². The number of rotatable bonds is 3. The molecule has 1 aromatic rings. The Kier molecular flexibility index (Phi) is 4.92. The smallest absolute Gasteiger partial charge is 0.274 e. The van der Waals surface area contributed by atoms with E-state index in [-0.39, 0.29) is 29.4 Å². The number of amides is 1. The summed E-state index contributed by atoms with van der Waals surface area (Å²) in [6.07, 6.45) is 0. The molecular formula is C15H17ClN2O4S2. The highest BCUT2D eigenvalue weighted by Crippen LogP contribution is 2.42. The molecule has 2 saturated heterocycles. The molecular weight excluding hydrogens is 372 g/mol. The van der Waals surface area contributed by atoms with Crippen molar-refractivity contribution in [2.24, 2.45) is 4.99 Å². The van der Waals surface area contributed by atoms with E-state index in [0.29, 0.717) is 10.2 Å². The number of benzene rings is 1. The summed E-state index contributed by atoms with van der Waals surface area (Å²) in [5.74, 6) is -0.253. The minimum absolute atomic E-state index is 0.0497. The Morgan fingerprint density at radius 3 is 2.92 bits per heavy atom. The Morgan fingerprint density at radius 1 is 1.46 bits per heavy atom. The van der Waals surface area contributed by atoms with Gasteiger partial charge >= 0.3 is 0 Å². The van der Waals surface area contributed by atoms with E-state index in [4.69, 9.17) is 16.3 Å². The second-order valence-corrected chi connectivity index (χ2v) is 9.62. The van der Waals surface area contributed by atoms with Crippen molar-refractivity contribution in [2.45, 2.75) is 18.2 Å². The van der Waals surface area contributed by atoms with Crippen LogP contribution in [0, 0.1) is 6.92 Å². The average molecular weight is 389 g/mol. The molecule has 2 aliphatic rings. The maximum absolute atomic E-state index is 12.0. The minimum Gasteiger partial charge on any atom is -0.375 e. The van der Waals surface area contributed by atoms with Gasteiger partial charge in [-0.15, -0.1) is 0 Å². The fourth-order valence-corrected chi connectivity index (χ4v) is 7.04. The van der Waals surface area contributed by atoms with Crippen molar-refractivity contribution in [3.63, 3.8) is 0 Å². The first-order valence-corrected chi connectivity index (χ1v) is 10.4. The van der Waals surface area contributed by atoms with Gasteiger partial charge in [0.05, 0.1) is 17.5 Å². The molecule has 2 aliphatic heterocycles. The zero-order chi connectivity index (χ0) is 17.5. The first kappa shape index (κ1) is 17.7. The highest BCUT2D eigenvalue weighted by atomic mass is 35.5. The summed E-state index contributed by atoms with van der Waals surface area (Å²) in [5.41, 5.74) is 1.72. The molecule has 2 fully saturated rings. The number of ether oxygens (including phenoxy) is 1. The number of aryl methyl sites for hydroxylation is 1. The number of halogens is 1. The number of methoxy groups -OCH3 is 1. The third-order valence-electron chi connectivity index (χ3n) is 3.99. The van der Waals surface area contributed by atoms with Crippen molar-refractivity contribution in [3.8, 4) is 0 Å². The van der Waals surface area contributed by atoms with Crippen LogP contribution >= 0.6 is 23.4 Å². The Bertz CT molecular complexity index is 810. The number of nitrogens with zero attached hydrogens (tertiary/aromatic N) is 2. The van der Waals surface area contributed by atoms with Gasteiger partial charge in [0.2, 0.25) is 0 Å². The van der Waals surface area contributed by atoms with Crippen molar-refractivity contribution in [2.75, 3.05) is 30.1 Å². The molecule has 130 valence electrons. The van der Waals surface area contributed by atoms with Crippen LogP contribution in [0.15, 0.2) is 23.2 Å². The zero-order valence-corrected chi connectivity index (χ0v) is 15.6. The van der Waals surface area contributed by atoms with Gasteiger partial charge in [-0.05, 0) is 24.6 Å². The maximum Gasteiger partial charge on any atom is 0.274 e. The SMILES string of the molecule is COCC(=O)N=C1S[C@H]2CS(=O)(=O)C[C@H]2N1c1cc(Cl)ccc1C. The summed E-state index contributed by atoms with van der Waals surface area (Å²) in [7, 11) is -1.66. The van der Waals surface area contributed by atoms with Gasteiger partial charge in [-0.3, -0.25) is 4.79 Å². The Hall–Kier alpha value is -1.09. The number of fused-ring (bicyclic) bond motifs is 1. The normalized spacial score (nSPS) is 26.8. The molecule has 0 bridgehead atoms. The van der Waals surface area contributed by atoms with Crippen LogP contribution in [-0.4, -0.2) is 56.0 Å². The number of hydrogen-bond acceptors (Lipinski definition) is 5. The van der Waals surface area contributed by atoms with Gasteiger partial charge in [-0.25, -0.2) is 8.42 Å². The van der Waals surface area contributed by atoms with E-state index in [1.807, 2.05) is 17.9 Å². The summed E-state index contributed by atoms with van der Waals surface area (Å²) in [4.78, 5) is 17.8. The largest absolute Gasteiger partial charge is 0.375 e. The molecule has 0 aromatic heterocycles. The summed E-state index contributed by atoms with van der Waals surface area (Å²) in [6, 6.07) is 5.18. The van der Waals surface area contributed by atoms with Crippen molar-refractivity contribution in [3.05, 3.63) is 28.8 Å². The molecule has 3 rings (SSSR count). The van der Waals surface area contributed by atoms with Gasteiger partial charge in [-0.1, -0.05) is 29.4 Å². The number of amidine groups is 1. The highest BCUT2D eigenvalue weighted by Gasteiger charge is 2.49. The summed E-state index contributed by atoms with van der Waals surface area (Å²) < 4.78 is 28.8. The van der Waals surface area contributed by atoms with Crippen molar-refractivity contribution in [1.29, 1.82) is 0 Å². The third-order valence-corrected chi connectivity index (χ3v) is 7.43. The number of sulfone groups is 1. The molecule has 0 aliphatic carbocycles. The van der Waals surface area contributed by atoms with Crippen LogP contribution in [0.3, 0.4) is 0 Å². The monoisotopic (exact) mass is 388 g/mol.